The molecule has 0 N–H and O–H groups in total. The molecule has 0 amide bonds. The van der Waals surface area contributed by atoms with E-state index in [9.17, 15) is 18.0 Å². The third kappa shape index (κ3) is 4.76. The molecular weight excluding hydrogens is 410 g/mol. The van der Waals surface area contributed by atoms with Crippen LogP contribution in [0.15, 0.2) is 33.7 Å². The van der Waals surface area contributed by atoms with E-state index in [1.54, 1.807) is 0 Å². The van der Waals surface area contributed by atoms with Gasteiger partial charge in [0, 0.05) is 18.0 Å². The molecule has 0 bridgehead atoms. The summed E-state index contributed by atoms with van der Waals surface area (Å²) in [5.74, 6) is -0.0523. The second-order valence-corrected chi connectivity index (χ2v) is 9.41. The van der Waals surface area contributed by atoms with Gasteiger partial charge in [-0.1, -0.05) is 31.1 Å². The molecule has 1 aromatic heterocycles. The number of nitrogens with zero attached hydrogens (tertiary/aromatic N) is 3. The average molecular weight is 436 g/mol. The molecule has 1 atom stereocenters. The summed E-state index contributed by atoms with van der Waals surface area (Å²) in [6.07, 6.45) is 1.73. The fourth-order valence-electron chi connectivity index (χ4n) is 3.22. The van der Waals surface area contributed by atoms with Gasteiger partial charge in [0.1, 0.15) is 6.04 Å². The molecule has 30 heavy (non-hydrogen) atoms. The number of hydrogen-bond donors (Lipinski definition) is 0. The number of carbonyl (C=O) groups is 2. The standard InChI is InChI=1S/C20H25N3O6S/c1-13(2)19-21-18(29-22-19)12-28-20(25)17-6-4-5-11-23(17)30(26,27)16-9-7-15(8-10-16)14(3)24/h7-10,13,17H,4-6,11-12H2,1-3H3. The Labute approximate surface area is 175 Å². The van der Waals surface area contributed by atoms with Gasteiger partial charge < -0.3 is 9.26 Å². The van der Waals surface area contributed by atoms with Crippen molar-refractivity contribution in [2.75, 3.05) is 6.54 Å². The largest absolute Gasteiger partial charge is 0.454 e. The zero-order valence-corrected chi connectivity index (χ0v) is 18.0. The van der Waals surface area contributed by atoms with Gasteiger partial charge >= 0.3 is 5.97 Å². The number of carbonyl (C=O) groups excluding carboxylic acids is 2. The molecule has 0 saturated carbocycles. The fraction of sp³-hybridized carbons (Fsp3) is 0.500. The zero-order valence-electron chi connectivity index (χ0n) is 17.2. The maximum absolute atomic E-state index is 13.1. The lowest BCUT2D eigenvalue weighted by Gasteiger charge is -2.32. The van der Waals surface area contributed by atoms with Gasteiger partial charge in [-0.2, -0.15) is 9.29 Å². The van der Waals surface area contributed by atoms with Crippen molar-refractivity contribution in [1.29, 1.82) is 0 Å². The Balaban J connectivity index is 1.74. The number of hydrogen-bond acceptors (Lipinski definition) is 8. The lowest BCUT2D eigenvalue weighted by Crippen LogP contribution is -2.48. The van der Waals surface area contributed by atoms with Gasteiger partial charge in [0.05, 0.1) is 4.90 Å². The first-order valence-corrected chi connectivity index (χ1v) is 11.3. The number of rotatable bonds is 7. The van der Waals surface area contributed by atoms with Gasteiger partial charge in [-0.05, 0) is 38.3 Å². The van der Waals surface area contributed by atoms with E-state index in [4.69, 9.17) is 9.26 Å². The number of piperidine rings is 1. The van der Waals surface area contributed by atoms with E-state index in [0.717, 1.165) is 0 Å². The van der Waals surface area contributed by atoms with Gasteiger partial charge in [-0.15, -0.1) is 0 Å². The highest BCUT2D eigenvalue weighted by molar-refractivity contribution is 7.89. The zero-order chi connectivity index (χ0) is 21.9. The minimum Gasteiger partial charge on any atom is -0.454 e. The summed E-state index contributed by atoms with van der Waals surface area (Å²) in [5, 5.41) is 3.81. The molecule has 1 fully saturated rings. The maximum atomic E-state index is 13.1. The summed E-state index contributed by atoms with van der Waals surface area (Å²) in [4.78, 5) is 28.3. The smallest absolute Gasteiger partial charge is 0.324 e. The Morgan fingerprint density at radius 2 is 1.93 bits per heavy atom. The fourth-order valence-corrected chi connectivity index (χ4v) is 4.86. The van der Waals surface area contributed by atoms with E-state index in [-0.39, 0.29) is 35.6 Å². The Morgan fingerprint density at radius 3 is 2.53 bits per heavy atom. The maximum Gasteiger partial charge on any atom is 0.324 e. The molecule has 1 aliphatic heterocycles. The third-order valence-corrected chi connectivity index (χ3v) is 6.85. The first kappa shape index (κ1) is 22.1. The highest BCUT2D eigenvalue weighted by Gasteiger charge is 2.38. The summed E-state index contributed by atoms with van der Waals surface area (Å²) >= 11 is 0. The third-order valence-electron chi connectivity index (χ3n) is 4.93. The van der Waals surface area contributed by atoms with Gasteiger partial charge in [0.2, 0.25) is 10.0 Å². The number of benzene rings is 1. The van der Waals surface area contributed by atoms with E-state index in [1.165, 1.54) is 35.5 Å². The molecule has 0 spiro atoms. The van der Waals surface area contributed by atoms with Crippen LogP contribution < -0.4 is 0 Å². The normalized spacial score (nSPS) is 17.8. The van der Waals surface area contributed by atoms with Crippen LogP contribution in [0.3, 0.4) is 0 Å². The monoisotopic (exact) mass is 435 g/mol. The van der Waals surface area contributed by atoms with Gasteiger partial charge in [0.15, 0.2) is 18.2 Å². The second-order valence-electron chi connectivity index (χ2n) is 7.52. The molecule has 2 heterocycles. The predicted octanol–water partition coefficient (Wildman–Crippen LogP) is 2.68. The lowest BCUT2D eigenvalue weighted by atomic mass is 10.1. The molecule has 162 valence electrons. The van der Waals surface area contributed by atoms with Crippen LogP contribution in [0, 0.1) is 0 Å². The van der Waals surface area contributed by atoms with Crippen LogP contribution in [0.5, 0.6) is 0 Å². The summed E-state index contributed by atoms with van der Waals surface area (Å²) < 4.78 is 37.8. The number of aromatic nitrogens is 2. The van der Waals surface area contributed by atoms with Gasteiger partial charge in [-0.3, -0.25) is 9.59 Å². The molecule has 1 aliphatic rings. The SMILES string of the molecule is CC(=O)c1ccc(S(=O)(=O)N2CCCCC2C(=O)OCc2nc(C(C)C)no2)cc1. The van der Waals surface area contributed by atoms with Crippen molar-refractivity contribution < 1.29 is 27.3 Å². The molecule has 10 heteroatoms. The first-order valence-electron chi connectivity index (χ1n) is 9.82. The molecule has 0 radical (unpaired) electrons. The number of ketones is 1. The molecule has 1 aromatic carbocycles. The summed E-state index contributed by atoms with van der Waals surface area (Å²) in [5.41, 5.74) is 0.420. The van der Waals surface area contributed by atoms with Crippen LogP contribution in [-0.2, 0) is 26.2 Å². The van der Waals surface area contributed by atoms with Crippen LogP contribution >= 0.6 is 0 Å². The predicted molar refractivity (Wildman–Crippen MR) is 106 cm³/mol. The summed E-state index contributed by atoms with van der Waals surface area (Å²) in [7, 11) is -3.92. The molecule has 9 nitrogen and oxygen atoms in total. The molecule has 2 aromatic rings. The average Bonchev–Trinajstić information content (AvgIpc) is 3.21. The van der Waals surface area contributed by atoms with E-state index in [0.29, 0.717) is 30.7 Å². The van der Waals surface area contributed by atoms with E-state index < -0.39 is 22.0 Å². The highest BCUT2D eigenvalue weighted by Crippen LogP contribution is 2.26. The second kappa shape index (κ2) is 9.05. The van der Waals surface area contributed by atoms with Crippen molar-refractivity contribution in [1.82, 2.24) is 14.4 Å². The van der Waals surface area contributed by atoms with Gasteiger partial charge in [0.25, 0.3) is 5.89 Å². The molecule has 0 aliphatic carbocycles. The van der Waals surface area contributed by atoms with E-state index >= 15 is 0 Å². The minimum absolute atomic E-state index is 0.0330. The van der Waals surface area contributed by atoms with Crippen molar-refractivity contribution in [3.8, 4) is 0 Å². The van der Waals surface area contributed by atoms with Crippen LogP contribution in [0.1, 0.15) is 68.0 Å². The summed E-state index contributed by atoms with van der Waals surface area (Å²) in [6.45, 7) is 5.24. The number of esters is 1. The Morgan fingerprint density at radius 1 is 1.23 bits per heavy atom. The molecule has 3 rings (SSSR count). The van der Waals surface area contributed by atoms with E-state index in [2.05, 4.69) is 10.1 Å². The van der Waals surface area contributed by atoms with Crippen LogP contribution in [0.2, 0.25) is 0 Å². The van der Waals surface area contributed by atoms with Crippen molar-refractivity contribution in [2.24, 2.45) is 0 Å². The van der Waals surface area contributed by atoms with Crippen molar-refractivity contribution in [3.63, 3.8) is 0 Å². The van der Waals surface area contributed by atoms with Crippen molar-refractivity contribution in [3.05, 3.63) is 41.5 Å². The topological polar surface area (TPSA) is 120 Å². The minimum atomic E-state index is -3.92. The number of sulfonamides is 1. The Bertz CT molecular complexity index is 1010. The van der Waals surface area contributed by atoms with Crippen LogP contribution in [0.25, 0.3) is 0 Å². The Kier molecular flexibility index (Phi) is 6.67. The van der Waals surface area contributed by atoms with E-state index in [1.807, 2.05) is 13.8 Å². The molecule has 1 unspecified atom stereocenters. The quantitative estimate of drug-likeness (QED) is 0.481. The van der Waals surface area contributed by atoms with Crippen LogP contribution in [0.4, 0.5) is 0 Å². The van der Waals surface area contributed by atoms with Crippen molar-refractivity contribution >= 4 is 21.8 Å². The van der Waals surface area contributed by atoms with Gasteiger partial charge in [-0.25, -0.2) is 8.42 Å². The number of Topliss-reactive ketones (excluding diaryl/α,β-unsaturated/α-hetero) is 1. The lowest BCUT2D eigenvalue weighted by molar-refractivity contribution is -0.151. The number of ether oxygens (including phenoxy) is 1. The Hall–Kier alpha value is -2.59. The van der Waals surface area contributed by atoms with Crippen LogP contribution in [-0.4, -0.2) is 47.2 Å². The highest BCUT2D eigenvalue weighted by atomic mass is 32.2. The van der Waals surface area contributed by atoms with Crippen molar-refractivity contribution in [2.45, 2.75) is 63.5 Å². The first-order chi connectivity index (χ1) is 14.2. The summed E-state index contributed by atoms with van der Waals surface area (Å²) in [6, 6.07) is 4.77. The molecular formula is C20H25N3O6S. The molecule has 1 saturated heterocycles.